The number of urea groups is 1. The van der Waals surface area contributed by atoms with Crippen molar-refractivity contribution in [3.63, 3.8) is 0 Å². The topological polar surface area (TPSA) is 69.6 Å². The van der Waals surface area contributed by atoms with Gasteiger partial charge >= 0.3 is 12.0 Å². The lowest BCUT2D eigenvalue weighted by Gasteiger charge is -2.22. The number of carbonyl (C=O) groups excluding carboxylic acids is 1. The van der Waals surface area contributed by atoms with E-state index >= 15 is 0 Å². The number of carboxylic acid groups (broad SMARTS) is 1. The molecule has 0 heterocycles. The average molecular weight is 290 g/mol. The lowest BCUT2D eigenvalue weighted by atomic mass is 10.1. The fourth-order valence-electron chi connectivity index (χ4n) is 2.21. The second-order valence-electron chi connectivity index (χ2n) is 5.55. The van der Waals surface area contributed by atoms with E-state index < -0.39 is 5.97 Å². The number of benzene rings is 1. The SMILES string of the molecule is CCCN(CC1CC1)C(=O)NCc1ccc(C(=O)O)cc1. The van der Waals surface area contributed by atoms with Crippen LogP contribution in [0.15, 0.2) is 24.3 Å². The standard InChI is InChI=1S/C16H22N2O3/c1-2-9-18(11-13-3-4-13)16(21)17-10-12-5-7-14(8-6-12)15(19)20/h5-8,13H,2-4,9-11H2,1H3,(H,17,21)(H,19,20). The van der Waals surface area contributed by atoms with E-state index in [1.165, 1.54) is 12.8 Å². The van der Waals surface area contributed by atoms with E-state index in [4.69, 9.17) is 5.11 Å². The van der Waals surface area contributed by atoms with Gasteiger partial charge in [0.25, 0.3) is 0 Å². The maximum absolute atomic E-state index is 12.2. The zero-order chi connectivity index (χ0) is 15.2. The summed E-state index contributed by atoms with van der Waals surface area (Å²) in [6, 6.07) is 6.53. The number of aromatic carboxylic acids is 1. The molecule has 0 radical (unpaired) electrons. The smallest absolute Gasteiger partial charge is 0.335 e. The van der Waals surface area contributed by atoms with Crippen LogP contribution in [0.5, 0.6) is 0 Å². The number of carbonyl (C=O) groups is 2. The van der Waals surface area contributed by atoms with Crippen molar-refractivity contribution < 1.29 is 14.7 Å². The van der Waals surface area contributed by atoms with Crippen LogP contribution in [-0.2, 0) is 6.54 Å². The van der Waals surface area contributed by atoms with Crippen LogP contribution in [-0.4, -0.2) is 35.1 Å². The quantitative estimate of drug-likeness (QED) is 0.811. The third-order valence-corrected chi connectivity index (χ3v) is 3.60. The molecule has 21 heavy (non-hydrogen) atoms. The molecule has 2 amide bonds. The molecule has 5 nitrogen and oxygen atoms in total. The van der Waals surface area contributed by atoms with E-state index in [1.54, 1.807) is 24.3 Å². The van der Waals surface area contributed by atoms with Crippen LogP contribution in [0.1, 0.15) is 42.1 Å². The molecule has 0 spiro atoms. The van der Waals surface area contributed by atoms with Gasteiger partial charge in [-0.1, -0.05) is 19.1 Å². The maximum atomic E-state index is 12.2. The molecule has 2 N–H and O–H groups in total. The minimum atomic E-state index is -0.941. The Hall–Kier alpha value is -2.04. The van der Waals surface area contributed by atoms with Crippen molar-refractivity contribution in [3.05, 3.63) is 35.4 Å². The van der Waals surface area contributed by atoms with Crippen LogP contribution in [0.4, 0.5) is 4.79 Å². The van der Waals surface area contributed by atoms with Crippen molar-refractivity contribution in [2.45, 2.75) is 32.7 Å². The Labute approximate surface area is 125 Å². The highest BCUT2D eigenvalue weighted by molar-refractivity contribution is 5.87. The lowest BCUT2D eigenvalue weighted by molar-refractivity contribution is 0.0697. The Morgan fingerprint density at radius 2 is 1.95 bits per heavy atom. The molecule has 0 aliphatic heterocycles. The summed E-state index contributed by atoms with van der Waals surface area (Å²) in [6.07, 6.45) is 3.40. The van der Waals surface area contributed by atoms with Crippen molar-refractivity contribution in [1.82, 2.24) is 10.2 Å². The van der Waals surface area contributed by atoms with Gasteiger partial charge in [0.15, 0.2) is 0 Å². The van der Waals surface area contributed by atoms with E-state index in [0.717, 1.165) is 25.1 Å². The van der Waals surface area contributed by atoms with Gasteiger partial charge < -0.3 is 15.3 Å². The molecule has 1 aliphatic rings. The molecule has 1 aromatic rings. The number of carboxylic acids is 1. The number of nitrogens with one attached hydrogen (secondary N) is 1. The molecule has 1 saturated carbocycles. The predicted octanol–water partition coefficient (Wildman–Crippen LogP) is 2.72. The molecule has 0 saturated heterocycles. The Balaban J connectivity index is 1.84. The Morgan fingerprint density at radius 1 is 1.29 bits per heavy atom. The summed E-state index contributed by atoms with van der Waals surface area (Å²) >= 11 is 0. The van der Waals surface area contributed by atoms with E-state index in [9.17, 15) is 9.59 Å². The van der Waals surface area contributed by atoms with E-state index in [0.29, 0.717) is 12.5 Å². The first-order valence-electron chi connectivity index (χ1n) is 7.45. The van der Waals surface area contributed by atoms with Gasteiger partial charge in [-0.2, -0.15) is 0 Å². The van der Waals surface area contributed by atoms with Crippen LogP contribution in [0.25, 0.3) is 0 Å². The summed E-state index contributed by atoms with van der Waals surface area (Å²) in [5.74, 6) is -0.263. The van der Waals surface area contributed by atoms with E-state index in [1.807, 2.05) is 4.90 Å². The third kappa shape index (κ3) is 4.77. The highest BCUT2D eigenvalue weighted by atomic mass is 16.4. The second-order valence-corrected chi connectivity index (χ2v) is 5.55. The molecule has 1 fully saturated rings. The monoisotopic (exact) mass is 290 g/mol. The van der Waals surface area contributed by atoms with Crippen molar-refractivity contribution >= 4 is 12.0 Å². The molecule has 0 unspecified atom stereocenters. The minimum absolute atomic E-state index is 0.0361. The van der Waals surface area contributed by atoms with Gasteiger partial charge in [0.05, 0.1) is 5.56 Å². The molecule has 114 valence electrons. The fourth-order valence-corrected chi connectivity index (χ4v) is 2.21. The second kappa shape index (κ2) is 7.11. The molecule has 0 aromatic heterocycles. The summed E-state index contributed by atoms with van der Waals surface area (Å²) in [5.41, 5.74) is 1.16. The van der Waals surface area contributed by atoms with Gasteiger partial charge in [-0.05, 0) is 42.9 Å². The van der Waals surface area contributed by atoms with Crippen molar-refractivity contribution in [2.24, 2.45) is 5.92 Å². The van der Waals surface area contributed by atoms with E-state index in [2.05, 4.69) is 12.2 Å². The van der Waals surface area contributed by atoms with E-state index in [-0.39, 0.29) is 11.6 Å². The molecule has 1 aliphatic carbocycles. The first-order chi connectivity index (χ1) is 10.1. The van der Waals surface area contributed by atoms with Gasteiger partial charge in [-0.15, -0.1) is 0 Å². The molecular formula is C16H22N2O3. The number of rotatable bonds is 7. The minimum Gasteiger partial charge on any atom is -0.478 e. The number of nitrogens with zero attached hydrogens (tertiary/aromatic N) is 1. The lowest BCUT2D eigenvalue weighted by Crippen LogP contribution is -2.41. The normalized spacial score (nSPS) is 13.8. The Bertz CT molecular complexity index is 495. The molecule has 0 bridgehead atoms. The number of amides is 2. The third-order valence-electron chi connectivity index (χ3n) is 3.60. The van der Waals surface area contributed by atoms with Gasteiger partial charge in [0.1, 0.15) is 0 Å². The first kappa shape index (κ1) is 15.4. The summed E-state index contributed by atoms with van der Waals surface area (Å²) in [4.78, 5) is 24.8. The molecule has 0 atom stereocenters. The Kier molecular flexibility index (Phi) is 5.20. The summed E-state index contributed by atoms with van der Waals surface area (Å²) in [6.45, 7) is 4.11. The van der Waals surface area contributed by atoms with Crippen LogP contribution in [0.3, 0.4) is 0 Å². The van der Waals surface area contributed by atoms with Gasteiger partial charge in [0, 0.05) is 19.6 Å². The molecule has 1 aromatic carbocycles. The van der Waals surface area contributed by atoms with Gasteiger partial charge in [0.2, 0.25) is 0 Å². The number of hydrogen-bond donors (Lipinski definition) is 2. The van der Waals surface area contributed by atoms with Crippen LogP contribution >= 0.6 is 0 Å². The maximum Gasteiger partial charge on any atom is 0.335 e. The fraction of sp³-hybridized carbons (Fsp3) is 0.500. The predicted molar refractivity (Wildman–Crippen MR) is 80.2 cm³/mol. The summed E-state index contributed by atoms with van der Waals surface area (Å²) in [7, 11) is 0. The van der Waals surface area contributed by atoms with Crippen molar-refractivity contribution in [1.29, 1.82) is 0 Å². The van der Waals surface area contributed by atoms with Crippen LogP contribution in [0.2, 0.25) is 0 Å². The van der Waals surface area contributed by atoms with Crippen molar-refractivity contribution in [3.8, 4) is 0 Å². The molecule has 5 heteroatoms. The highest BCUT2D eigenvalue weighted by Crippen LogP contribution is 2.29. The zero-order valence-electron chi connectivity index (χ0n) is 12.3. The molecular weight excluding hydrogens is 268 g/mol. The Morgan fingerprint density at radius 3 is 2.48 bits per heavy atom. The van der Waals surface area contributed by atoms with Gasteiger partial charge in [-0.25, -0.2) is 9.59 Å². The van der Waals surface area contributed by atoms with Crippen LogP contribution < -0.4 is 5.32 Å². The van der Waals surface area contributed by atoms with Gasteiger partial charge in [-0.3, -0.25) is 0 Å². The summed E-state index contributed by atoms with van der Waals surface area (Å²) < 4.78 is 0. The largest absolute Gasteiger partial charge is 0.478 e. The summed E-state index contributed by atoms with van der Waals surface area (Å²) in [5, 5.41) is 11.7. The zero-order valence-corrected chi connectivity index (χ0v) is 12.3. The number of hydrogen-bond acceptors (Lipinski definition) is 2. The first-order valence-corrected chi connectivity index (χ1v) is 7.45. The highest BCUT2D eigenvalue weighted by Gasteiger charge is 2.26. The van der Waals surface area contributed by atoms with Crippen molar-refractivity contribution in [2.75, 3.05) is 13.1 Å². The van der Waals surface area contributed by atoms with Crippen LogP contribution in [0, 0.1) is 5.92 Å². The average Bonchev–Trinajstić information content (AvgIpc) is 3.28. The molecule has 2 rings (SSSR count).